The molecule has 4 aromatic rings. The molecule has 2 fully saturated rings. The molecule has 1 unspecified atom stereocenters. The van der Waals surface area contributed by atoms with E-state index < -0.39 is 24.3 Å². The number of amides is 4. The smallest absolute Gasteiger partial charge is 0.407 e. The number of carbonyl (C=O) groups is 4. The number of benzene rings is 2. The normalized spacial score (nSPS) is 20.0. The van der Waals surface area contributed by atoms with Gasteiger partial charge in [-0.2, -0.15) is 0 Å². The molecule has 4 aliphatic rings. The van der Waals surface area contributed by atoms with Crippen molar-refractivity contribution in [3.63, 3.8) is 0 Å². The Bertz CT molecular complexity index is 2320. The highest BCUT2D eigenvalue weighted by atomic mass is 16.5. The fourth-order valence-electron chi connectivity index (χ4n) is 9.44. The van der Waals surface area contributed by atoms with E-state index in [1.807, 2.05) is 43.7 Å². The van der Waals surface area contributed by atoms with Crippen LogP contribution < -0.4 is 15.4 Å². The Kier molecular flexibility index (Phi) is 11.8. The molecule has 5 atom stereocenters. The van der Waals surface area contributed by atoms with Crippen molar-refractivity contribution in [3.05, 3.63) is 65.0 Å². The van der Waals surface area contributed by atoms with E-state index in [-0.39, 0.29) is 41.7 Å². The van der Waals surface area contributed by atoms with Crippen LogP contribution in [0.5, 0.6) is 5.75 Å². The fraction of sp³-hybridized carbons (Fsp3) is 0.511. The van der Waals surface area contributed by atoms with Crippen LogP contribution in [0, 0.1) is 17.8 Å². The molecular weight excluding hydrogens is 781 g/mol. The minimum atomic E-state index is -0.747. The van der Waals surface area contributed by atoms with Crippen molar-refractivity contribution >= 4 is 24.0 Å². The minimum Gasteiger partial charge on any atom is -0.488 e. The van der Waals surface area contributed by atoms with Crippen molar-refractivity contribution in [1.82, 2.24) is 40.4 Å². The first-order valence-electron chi connectivity index (χ1n) is 21.2. The Hall–Kier alpha value is -5.90. The lowest BCUT2D eigenvalue weighted by Gasteiger charge is -2.30. The summed E-state index contributed by atoms with van der Waals surface area (Å²) in [7, 11) is 4.25. The second kappa shape index (κ2) is 17.2. The van der Waals surface area contributed by atoms with Crippen LogP contribution in [-0.2, 0) is 43.2 Å². The average Bonchev–Trinajstić information content (AvgIpc) is 4.09. The van der Waals surface area contributed by atoms with Crippen LogP contribution in [0.2, 0.25) is 0 Å². The summed E-state index contributed by atoms with van der Waals surface area (Å²) in [6.45, 7) is 9.59. The van der Waals surface area contributed by atoms with Gasteiger partial charge >= 0.3 is 12.2 Å². The van der Waals surface area contributed by atoms with Crippen LogP contribution in [0.1, 0.15) is 87.5 Å². The monoisotopic (exact) mass is 836 g/mol. The number of ether oxygens (including phenoxy) is 4. The number of H-pyrrole nitrogens is 2. The first-order valence-corrected chi connectivity index (χ1v) is 21.2. The third-order valence-corrected chi connectivity index (χ3v) is 12.6. The Balaban J connectivity index is 1.02. The highest BCUT2D eigenvalue weighted by Gasteiger charge is 2.43. The topological polar surface area (TPSA) is 193 Å². The number of alkyl carbamates (subject to hydrolysis) is 2. The van der Waals surface area contributed by atoms with Gasteiger partial charge in [0.05, 0.1) is 56.2 Å². The van der Waals surface area contributed by atoms with Crippen molar-refractivity contribution in [2.45, 2.75) is 90.6 Å². The van der Waals surface area contributed by atoms with Gasteiger partial charge in [-0.3, -0.25) is 9.59 Å². The van der Waals surface area contributed by atoms with Crippen molar-refractivity contribution in [2.24, 2.45) is 17.8 Å². The van der Waals surface area contributed by atoms with E-state index in [1.54, 1.807) is 7.11 Å². The van der Waals surface area contributed by atoms with Crippen LogP contribution in [0.3, 0.4) is 0 Å². The molecule has 3 aliphatic heterocycles. The van der Waals surface area contributed by atoms with Crippen LogP contribution in [-0.4, -0.2) is 107 Å². The lowest BCUT2D eigenvalue weighted by molar-refractivity contribution is -0.136. The summed E-state index contributed by atoms with van der Waals surface area (Å²) in [6, 6.07) is 8.72. The van der Waals surface area contributed by atoms with E-state index in [9.17, 15) is 19.2 Å². The molecule has 0 spiro atoms. The van der Waals surface area contributed by atoms with Crippen molar-refractivity contribution in [3.8, 4) is 39.4 Å². The number of nitrogens with one attached hydrogen (secondary N) is 4. The number of methoxy groups -OCH3 is 3. The van der Waals surface area contributed by atoms with Gasteiger partial charge in [-0.15, -0.1) is 0 Å². The van der Waals surface area contributed by atoms with E-state index in [0.717, 1.165) is 82.2 Å². The van der Waals surface area contributed by atoms with E-state index in [1.165, 1.54) is 19.8 Å². The maximum atomic E-state index is 14.1. The van der Waals surface area contributed by atoms with Gasteiger partial charge in [0.15, 0.2) is 0 Å². The van der Waals surface area contributed by atoms with E-state index in [2.05, 4.69) is 50.9 Å². The number of imidazole rings is 2. The Morgan fingerprint density at radius 3 is 2.25 bits per heavy atom. The summed E-state index contributed by atoms with van der Waals surface area (Å²) in [5.41, 5.74) is 9.15. The molecule has 4 N–H and O–H groups in total. The fourth-order valence-corrected chi connectivity index (χ4v) is 9.44. The Morgan fingerprint density at radius 1 is 0.836 bits per heavy atom. The van der Waals surface area contributed by atoms with Gasteiger partial charge in [-0.1, -0.05) is 39.8 Å². The molecular formula is C45H56N8O8. The number of hydrogen-bond acceptors (Lipinski definition) is 10. The van der Waals surface area contributed by atoms with Crippen LogP contribution in [0.4, 0.5) is 9.59 Å². The highest BCUT2D eigenvalue weighted by molar-refractivity contribution is 5.88. The zero-order valence-electron chi connectivity index (χ0n) is 35.9. The number of fused-ring (bicyclic) bond motifs is 6. The van der Waals surface area contributed by atoms with Gasteiger partial charge < -0.3 is 49.3 Å². The Labute approximate surface area is 355 Å². The summed E-state index contributed by atoms with van der Waals surface area (Å²) in [6.07, 6.45) is 4.38. The van der Waals surface area contributed by atoms with E-state index >= 15 is 0 Å². The van der Waals surface area contributed by atoms with E-state index in [0.29, 0.717) is 38.5 Å². The number of hydrogen-bond donors (Lipinski definition) is 4. The predicted octanol–water partition coefficient (Wildman–Crippen LogP) is 6.09. The van der Waals surface area contributed by atoms with Crippen LogP contribution >= 0.6 is 0 Å². The average molecular weight is 837 g/mol. The third-order valence-electron chi connectivity index (χ3n) is 12.6. The number of aromatic amines is 2. The standard InChI is InChI=1S/C45H56N8O8/c1-23(2)37(50-44(56)59-6)42(54)52-14-8-9-34(52)40-46-19-33(48-40)27-10-12-29-28(16-27)22-61-36-18-30-26(17-31(29)36)11-13-32-39(30)49-41(47-32)35-15-25(21-58-5)20-53(35)43(55)38(24(3)4)51-45(57)60-7/h10,12,16-19,23-25,34-35,37-38H,8-9,11,13-15,20-22H2,1-7H3,(H,46,48)(H,47,49)(H,50,56)(H,51,57)/t25-,34+,35+,37?,38+/m1/s1. The molecule has 4 amide bonds. The highest BCUT2D eigenvalue weighted by Crippen LogP contribution is 2.46. The lowest BCUT2D eigenvalue weighted by Crippen LogP contribution is -2.51. The number of aromatic nitrogens is 4. The van der Waals surface area contributed by atoms with Gasteiger partial charge in [-0.05, 0) is 84.4 Å². The molecule has 2 aromatic carbocycles. The van der Waals surface area contributed by atoms with Gasteiger partial charge in [0, 0.05) is 37.2 Å². The third kappa shape index (κ3) is 8.05. The summed E-state index contributed by atoms with van der Waals surface area (Å²) >= 11 is 0. The minimum absolute atomic E-state index is 0.116. The molecule has 16 heteroatoms. The second-order valence-corrected chi connectivity index (χ2v) is 17.3. The summed E-state index contributed by atoms with van der Waals surface area (Å²) < 4.78 is 21.6. The Morgan fingerprint density at radius 2 is 1.56 bits per heavy atom. The van der Waals surface area contributed by atoms with Crippen LogP contribution in [0.15, 0.2) is 36.5 Å². The lowest BCUT2D eigenvalue weighted by atomic mass is 9.86. The molecule has 0 radical (unpaired) electrons. The summed E-state index contributed by atoms with van der Waals surface area (Å²) in [5, 5.41) is 5.45. The van der Waals surface area contributed by atoms with E-state index in [4.69, 9.17) is 28.9 Å². The molecule has 0 bridgehead atoms. The SMILES string of the molecule is COC[C@@H]1C[C@@H](c2nc3c([nH]2)-c2cc4c(cc2CC3)-c2ccc(-c3cnc([C@@H]5CCCN5C(=O)C(NC(=O)OC)C(C)C)[nH]3)cc2CO4)N(C(=O)[C@@H](NC(=O)OC)C(C)C)C1. The molecule has 16 nitrogen and oxygen atoms in total. The van der Waals surface area contributed by atoms with Crippen molar-refractivity contribution in [1.29, 1.82) is 0 Å². The van der Waals surface area contributed by atoms with Gasteiger partial charge in [0.25, 0.3) is 0 Å². The molecule has 8 rings (SSSR count). The quantitative estimate of drug-likeness (QED) is 0.138. The van der Waals surface area contributed by atoms with Gasteiger partial charge in [0.2, 0.25) is 11.8 Å². The summed E-state index contributed by atoms with van der Waals surface area (Å²) in [5.74, 6) is 1.77. The maximum Gasteiger partial charge on any atom is 0.407 e. The molecule has 324 valence electrons. The predicted molar refractivity (Wildman–Crippen MR) is 225 cm³/mol. The van der Waals surface area contributed by atoms with Crippen molar-refractivity contribution in [2.75, 3.05) is 41.0 Å². The summed E-state index contributed by atoms with van der Waals surface area (Å²) in [4.78, 5) is 72.6. The zero-order chi connectivity index (χ0) is 43.1. The molecule has 2 saturated heterocycles. The first-order chi connectivity index (χ1) is 29.4. The second-order valence-electron chi connectivity index (χ2n) is 17.3. The zero-order valence-corrected chi connectivity index (χ0v) is 35.9. The number of carbonyl (C=O) groups excluding carboxylic acids is 4. The van der Waals surface area contributed by atoms with Crippen molar-refractivity contribution < 1.29 is 38.1 Å². The number of aryl methyl sites for hydroxylation is 2. The van der Waals surface area contributed by atoms with Crippen LogP contribution in [0.25, 0.3) is 33.6 Å². The molecule has 61 heavy (non-hydrogen) atoms. The number of nitrogens with zero attached hydrogens (tertiary/aromatic N) is 4. The first kappa shape index (κ1) is 41.8. The maximum absolute atomic E-state index is 14.1. The molecule has 1 aliphatic carbocycles. The molecule has 0 saturated carbocycles. The molecule has 5 heterocycles. The van der Waals surface area contributed by atoms with Gasteiger partial charge in [0.1, 0.15) is 36.1 Å². The van der Waals surface area contributed by atoms with Gasteiger partial charge in [-0.25, -0.2) is 19.6 Å². The number of rotatable bonds is 11. The molecule has 2 aromatic heterocycles. The largest absolute Gasteiger partial charge is 0.488 e. The number of likely N-dealkylation sites (tertiary alicyclic amines) is 2.